The largest absolute Gasteiger partial charge is 0.324 e. The van der Waals surface area contributed by atoms with Crippen LogP contribution in [0, 0.1) is 17.5 Å². The summed E-state index contributed by atoms with van der Waals surface area (Å²) in [6, 6.07) is 0.313. The summed E-state index contributed by atoms with van der Waals surface area (Å²) in [5.41, 5.74) is -0.262. The second kappa shape index (κ2) is 5.13. The summed E-state index contributed by atoms with van der Waals surface area (Å²) in [6.07, 6.45) is 1.05. The van der Waals surface area contributed by atoms with Crippen LogP contribution in [0.1, 0.15) is 12.5 Å². The number of carbonyl (C=O) groups is 2. The van der Waals surface area contributed by atoms with Crippen molar-refractivity contribution in [3.05, 3.63) is 35.9 Å². The monoisotopic (exact) mass is 311 g/mol. The first-order valence-corrected chi connectivity index (χ1v) is 6.10. The summed E-state index contributed by atoms with van der Waals surface area (Å²) < 4.78 is 40.4. The minimum absolute atomic E-state index is 0.0906. The molecule has 1 aliphatic heterocycles. The molecule has 2 aromatic rings. The lowest BCUT2D eigenvalue weighted by atomic mass is 10.1. The molecule has 10 heteroatoms. The van der Waals surface area contributed by atoms with Crippen molar-refractivity contribution < 1.29 is 22.8 Å². The van der Waals surface area contributed by atoms with Gasteiger partial charge in [-0.2, -0.15) is 0 Å². The SMILES string of the molecule is O=C1C[C@@H](C(=O)Nc2cc(F)c(F)c(F)c2)n2cnnc2N1. The number of aromatic nitrogens is 3. The Hall–Kier alpha value is -2.91. The summed E-state index contributed by atoms with van der Waals surface area (Å²) >= 11 is 0. The molecule has 0 saturated heterocycles. The molecular weight excluding hydrogens is 303 g/mol. The maximum atomic E-state index is 13.1. The first kappa shape index (κ1) is 14.0. The van der Waals surface area contributed by atoms with Crippen LogP contribution in [0.4, 0.5) is 24.8 Å². The number of amides is 2. The van der Waals surface area contributed by atoms with Crippen LogP contribution in [0.25, 0.3) is 0 Å². The maximum absolute atomic E-state index is 13.1. The molecule has 114 valence electrons. The third-order valence-electron chi connectivity index (χ3n) is 3.09. The number of fused-ring (bicyclic) bond motifs is 1. The number of hydrogen-bond donors (Lipinski definition) is 2. The minimum Gasteiger partial charge on any atom is -0.324 e. The molecule has 0 fully saturated rings. The lowest BCUT2D eigenvalue weighted by Crippen LogP contribution is -2.35. The van der Waals surface area contributed by atoms with E-state index in [4.69, 9.17) is 0 Å². The van der Waals surface area contributed by atoms with Crippen LogP contribution < -0.4 is 10.6 Å². The second-order valence-corrected chi connectivity index (χ2v) is 4.57. The first-order chi connectivity index (χ1) is 10.5. The molecule has 1 aliphatic rings. The summed E-state index contributed by atoms with van der Waals surface area (Å²) in [4.78, 5) is 23.7. The standard InChI is InChI=1S/C12H8F3N5O2/c13-6-1-5(2-7(14)10(6)15)17-11(22)8-3-9(21)18-12-19-16-4-20(8)12/h1-2,4,8H,3H2,(H,17,22)(H,18,19,21)/t8-/m0/s1. The van der Waals surface area contributed by atoms with Gasteiger partial charge in [0.05, 0.1) is 6.42 Å². The highest BCUT2D eigenvalue weighted by atomic mass is 19.2. The van der Waals surface area contributed by atoms with Gasteiger partial charge in [0.25, 0.3) is 0 Å². The van der Waals surface area contributed by atoms with Crippen molar-refractivity contribution in [3.8, 4) is 0 Å². The van der Waals surface area contributed by atoms with Gasteiger partial charge in [0.2, 0.25) is 17.8 Å². The predicted octanol–water partition coefficient (Wildman–Crippen LogP) is 1.22. The van der Waals surface area contributed by atoms with Gasteiger partial charge >= 0.3 is 0 Å². The number of carbonyl (C=O) groups excluding carboxylic acids is 2. The van der Waals surface area contributed by atoms with E-state index in [1.165, 1.54) is 10.9 Å². The van der Waals surface area contributed by atoms with Crippen molar-refractivity contribution >= 4 is 23.5 Å². The highest BCUT2D eigenvalue weighted by Gasteiger charge is 2.31. The number of halogens is 3. The van der Waals surface area contributed by atoms with Crippen LogP contribution in [0.5, 0.6) is 0 Å². The molecule has 7 nitrogen and oxygen atoms in total. The molecule has 2 amide bonds. The Balaban J connectivity index is 1.86. The van der Waals surface area contributed by atoms with Crippen LogP contribution in [0.2, 0.25) is 0 Å². The fourth-order valence-corrected chi connectivity index (χ4v) is 2.08. The van der Waals surface area contributed by atoms with E-state index in [-0.39, 0.29) is 18.1 Å². The number of benzene rings is 1. The van der Waals surface area contributed by atoms with E-state index in [9.17, 15) is 22.8 Å². The normalized spacial score (nSPS) is 16.9. The highest BCUT2D eigenvalue weighted by molar-refractivity contribution is 6.00. The number of nitrogens with one attached hydrogen (secondary N) is 2. The van der Waals surface area contributed by atoms with Gasteiger partial charge in [0.15, 0.2) is 17.5 Å². The molecular formula is C12H8F3N5O2. The fraction of sp³-hybridized carbons (Fsp3) is 0.167. The molecule has 1 aromatic carbocycles. The van der Waals surface area contributed by atoms with Crippen molar-refractivity contribution in [2.75, 3.05) is 10.6 Å². The van der Waals surface area contributed by atoms with E-state index < -0.39 is 35.3 Å². The Labute approximate surface area is 121 Å². The summed E-state index contributed by atoms with van der Waals surface area (Å²) in [5.74, 6) is -5.55. The molecule has 0 aliphatic carbocycles. The van der Waals surface area contributed by atoms with Gasteiger partial charge in [-0.25, -0.2) is 13.2 Å². The van der Waals surface area contributed by atoms with Crippen molar-refractivity contribution in [2.45, 2.75) is 12.5 Å². The van der Waals surface area contributed by atoms with Gasteiger partial charge in [-0.1, -0.05) is 0 Å². The van der Waals surface area contributed by atoms with Crippen molar-refractivity contribution in [3.63, 3.8) is 0 Å². The summed E-state index contributed by atoms with van der Waals surface area (Å²) in [7, 11) is 0. The van der Waals surface area contributed by atoms with Crippen LogP contribution in [0.15, 0.2) is 18.5 Å². The third-order valence-corrected chi connectivity index (χ3v) is 3.09. The molecule has 3 rings (SSSR count). The first-order valence-electron chi connectivity index (χ1n) is 6.10. The average molecular weight is 311 g/mol. The zero-order valence-electron chi connectivity index (χ0n) is 10.8. The van der Waals surface area contributed by atoms with E-state index in [1.54, 1.807) is 0 Å². The van der Waals surface area contributed by atoms with Gasteiger partial charge < -0.3 is 5.32 Å². The molecule has 2 heterocycles. The van der Waals surface area contributed by atoms with Gasteiger partial charge in [-0.15, -0.1) is 10.2 Å². The zero-order chi connectivity index (χ0) is 15.9. The molecule has 0 spiro atoms. The number of anilines is 2. The Bertz CT molecular complexity index is 753. The predicted molar refractivity (Wildman–Crippen MR) is 67.3 cm³/mol. The van der Waals surface area contributed by atoms with Crippen LogP contribution in [0.3, 0.4) is 0 Å². The number of rotatable bonds is 2. The Morgan fingerprint density at radius 1 is 1.32 bits per heavy atom. The summed E-state index contributed by atoms with van der Waals surface area (Å²) in [6.45, 7) is 0. The van der Waals surface area contributed by atoms with E-state index in [0.29, 0.717) is 12.1 Å². The van der Waals surface area contributed by atoms with Crippen molar-refractivity contribution in [2.24, 2.45) is 0 Å². The lowest BCUT2D eigenvalue weighted by molar-refractivity contribution is -0.125. The molecule has 0 radical (unpaired) electrons. The van der Waals surface area contributed by atoms with Gasteiger partial charge in [-0.05, 0) is 0 Å². The topological polar surface area (TPSA) is 88.9 Å². The average Bonchev–Trinajstić information content (AvgIpc) is 2.91. The second-order valence-electron chi connectivity index (χ2n) is 4.57. The Morgan fingerprint density at radius 2 is 2.00 bits per heavy atom. The molecule has 2 N–H and O–H groups in total. The Kier molecular flexibility index (Phi) is 3.28. The fourth-order valence-electron chi connectivity index (χ4n) is 2.08. The van der Waals surface area contributed by atoms with Gasteiger partial charge in [0, 0.05) is 17.8 Å². The smallest absolute Gasteiger partial charge is 0.248 e. The molecule has 1 atom stereocenters. The van der Waals surface area contributed by atoms with Crippen LogP contribution in [-0.2, 0) is 9.59 Å². The van der Waals surface area contributed by atoms with Gasteiger partial charge in [-0.3, -0.25) is 19.5 Å². The highest BCUT2D eigenvalue weighted by Crippen LogP contribution is 2.24. The molecule has 1 aromatic heterocycles. The molecule has 0 bridgehead atoms. The quantitative estimate of drug-likeness (QED) is 0.816. The van der Waals surface area contributed by atoms with Gasteiger partial charge in [0.1, 0.15) is 12.4 Å². The lowest BCUT2D eigenvalue weighted by Gasteiger charge is -2.23. The van der Waals surface area contributed by atoms with Crippen LogP contribution >= 0.6 is 0 Å². The third kappa shape index (κ3) is 2.38. The minimum atomic E-state index is -1.63. The van der Waals surface area contributed by atoms with E-state index in [2.05, 4.69) is 20.8 Å². The Morgan fingerprint density at radius 3 is 2.68 bits per heavy atom. The molecule has 22 heavy (non-hydrogen) atoms. The zero-order valence-corrected chi connectivity index (χ0v) is 10.8. The van der Waals surface area contributed by atoms with Crippen molar-refractivity contribution in [1.82, 2.24) is 14.8 Å². The van der Waals surface area contributed by atoms with E-state index in [1.807, 2.05) is 0 Å². The molecule has 0 unspecified atom stereocenters. The van der Waals surface area contributed by atoms with Crippen LogP contribution in [-0.4, -0.2) is 26.6 Å². The number of nitrogens with zero attached hydrogens (tertiary/aromatic N) is 3. The molecule has 0 saturated carbocycles. The maximum Gasteiger partial charge on any atom is 0.248 e. The van der Waals surface area contributed by atoms with Crippen molar-refractivity contribution in [1.29, 1.82) is 0 Å². The van der Waals surface area contributed by atoms with E-state index >= 15 is 0 Å². The summed E-state index contributed by atoms with van der Waals surface area (Å²) in [5, 5.41) is 11.8. The number of hydrogen-bond acceptors (Lipinski definition) is 4. The van der Waals surface area contributed by atoms with E-state index in [0.717, 1.165) is 0 Å².